The van der Waals surface area contributed by atoms with Crippen LogP contribution in [-0.4, -0.2) is 46.0 Å². The van der Waals surface area contributed by atoms with Gasteiger partial charge in [-0.2, -0.15) is 0 Å². The van der Waals surface area contributed by atoms with Crippen molar-refractivity contribution < 1.29 is 17.9 Å². The molecule has 1 amide bonds. The predicted octanol–water partition coefficient (Wildman–Crippen LogP) is 2.85. The third-order valence-electron chi connectivity index (χ3n) is 6.28. The molecule has 1 atom stereocenters. The molecule has 2 aliphatic heterocycles. The molecular weight excluding hydrogens is 414 g/mol. The first-order valence-electron chi connectivity index (χ1n) is 10.7. The van der Waals surface area contributed by atoms with E-state index in [1.807, 2.05) is 12.1 Å². The topological polar surface area (TPSA) is 92.9 Å². The zero-order valence-corrected chi connectivity index (χ0v) is 18.6. The second-order valence-electron chi connectivity index (χ2n) is 8.24. The summed E-state index contributed by atoms with van der Waals surface area (Å²) in [7, 11) is -2.09. The van der Waals surface area contributed by atoms with Gasteiger partial charge in [0.25, 0.3) is 0 Å². The van der Waals surface area contributed by atoms with Crippen molar-refractivity contribution in [1.29, 1.82) is 0 Å². The number of carbonyl (C=O) groups is 1. The molecule has 31 heavy (non-hydrogen) atoms. The zero-order valence-electron chi connectivity index (χ0n) is 17.8. The summed E-state index contributed by atoms with van der Waals surface area (Å²) < 4.78 is 28.6. The summed E-state index contributed by atoms with van der Waals surface area (Å²) in [4.78, 5) is 17.4. The Labute approximate surface area is 183 Å². The van der Waals surface area contributed by atoms with E-state index >= 15 is 0 Å². The number of carbonyl (C=O) groups excluding carboxylic acids is 1. The van der Waals surface area contributed by atoms with Crippen LogP contribution < -0.4 is 14.8 Å². The van der Waals surface area contributed by atoms with Crippen molar-refractivity contribution in [3.8, 4) is 5.75 Å². The van der Waals surface area contributed by atoms with E-state index in [4.69, 9.17) is 9.88 Å². The molecule has 166 valence electrons. The molecule has 1 fully saturated rings. The number of methoxy groups -OCH3 is 1. The molecule has 1 saturated heterocycles. The smallest absolute Gasteiger partial charge is 0.241 e. The Morgan fingerprint density at radius 3 is 2.58 bits per heavy atom. The first-order valence-corrected chi connectivity index (χ1v) is 12.3. The lowest BCUT2D eigenvalue weighted by Gasteiger charge is -2.31. The number of nitrogens with zero attached hydrogens (tertiary/aromatic N) is 2. The minimum atomic E-state index is -3.75. The maximum atomic E-state index is 13.3. The second kappa shape index (κ2) is 8.98. The third-order valence-corrected chi connectivity index (χ3v) is 7.19. The number of fused-ring (bicyclic) bond motifs is 1. The van der Waals surface area contributed by atoms with Gasteiger partial charge in [-0.25, -0.2) is 13.6 Å². The van der Waals surface area contributed by atoms with Crippen molar-refractivity contribution >= 4 is 21.6 Å². The number of sulfonamides is 1. The van der Waals surface area contributed by atoms with Crippen molar-refractivity contribution in [3.05, 3.63) is 53.6 Å². The fourth-order valence-electron chi connectivity index (χ4n) is 4.63. The summed E-state index contributed by atoms with van der Waals surface area (Å²) >= 11 is 0. The van der Waals surface area contributed by atoms with Gasteiger partial charge in [-0.15, -0.1) is 0 Å². The Balaban J connectivity index is 1.52. The minimum absolute atomic E-state index is 0.0440. The van der Waals surface area contributed by atoms with Gasteiger partial charge in [0.05, 0.1) is 18.6 Å². The fourth-order valence-corrected chi connectivity index (χ4v) is 5.20. The first-order chi connectivity index (χ1) is 14.9. The third kappa shape index (κ3) is 4.76. The van der Waals surface area contributed by atoms with Crippen molar-refractivity contribution in [2.45, 2.75) is 43.0 Å². The van der Waals surface area contributed by atoms with Crippen LogP contribution in [0.25, 0.3) is 0 Å². The number of likely N-dealkylation sites (tertiary alicyclic amines) is 1. The molecule has 0 radical (unpaired) electrons. The molecule has 7 nitrogen and oxygen atoms in total. The normalized spacial score (nSPS) is 19.7. The zero-order chi connectivity index (χ0) is 22.0. The lowest BCUT2D eigenvalue weighted by Crippen LogP contribution is -2.41. The molecule has 4 rings (SSSR count). The van der Waals surface area contributed by atoms with Crippen LogP contribution in [0, 0.1) is 0 Å². The van der Waals surface area contributed by atoms with Crippen molar-refractivity contribution in [1.82, 2.24) is 4.90 Å². The van der Waals surface area contributed by atoms with Gasteiger partial charge < -0.3 is 9.64 Å². The van der Waals surface area contributed by atoms with E-state index in [0.717, 1.165) is 42.8 Å². The molecule has 2 aromatic rings. The van der Waals surface area contributed by atoms with E-state index in [1.165, 1.54) is 18.1 Å². The van der Waals surface area contributed by atoms with Gasteiger partial charge in [-0.3, -0.25) is 9.69 Å². The Hall–Kier alpha value is -2.42. The van der Waals surface area contributed by atoms with Crippen molar-refractivity contribution in [2.24, 2.45) is 5.14 Å². The van der Waals surface area contributed by atoms with Gasteiger partial charge >= 0.3 is 0 Å². The van der Waals surface area contributed by atoms with Crippen LogP contribution in [0.3, 0.4) is 0 Å². The molecule has 0 saturated carbocycles. The van der Waals surface area contributed by atoms with Gasteiger partial charge in [0.2, 0.25) is 15.9 Å². The summed E-state index contributed by atoms with van der Waals surface area (Å²) in [6.07, 6.45) is 5.04. The number of nitrogens with two attached hydrogens (primary N) is 1. The Kier molecular flexibility index (Phi) is 6.31. The first kappa shape index (κ1) is 21.8. The molecule has 0 bridgehead atoms. The number of ether oxygens (including phenoxy) is 1. The van der Waals surface area contributed by atoms with Crippen LogP contribution in [0.15, 0.2) is 47.4 Å². The maximum Gasteiger partial charge on any atom is 0.241 e. The molecule has 2 N–H and O–H groups in total. The van der Waals surface area contributed by atoms with Crippen LogP contribution in [0.4, 0.5) is 5.69 Å². The molecular formula is C23H29N3O4S. The van der Waals surface area contributed by atoms with Crippen molar-refractivity contribution in [3.63, 3.8) is 0 Å². The highest BCUT2D eigenvalue weighted by atomic mass is 32.2. The number of amides is 1. The SMILES string of the molecule is COc1ccc(C2CCCCCN2CC(=O)N2CCc3cc(S(N)(=O)=O)ccc32)cc1. The van der Waals surface area contributed by atoms with Gasteiger partial charge in [-0.1, -0.05) is 25.0 Å². The summed E-state index contributed by atoms with van der Waals surface area (Å²) in [5.74, 6) is 0.870. The Morgan fingerprint density at radius 1 is 1.10 bits per heavy atom. The van der Waals surface area contributed by atoms with Gasteiger partial charge in [-0.05, 0) is 67.3 Å². The van der Waals surface area contributed by atoms with Gasteiger partial charge in [0, 0.05) is 18.3 Å². The largest absolute Gasteiger partial charge is 0.497 e. The van der Waals surface area contributed by atoms with E-state index in [-0.39, 0.29) is 16.8 Å². The summed E-state index contributed by atoms with van der Waals surface area (Å²) in [5.41, 5.74) is 2.84. The van der Waals surface area contributed by atoms with Gasteiger partial charge in [0.1, 0.15) is 5.75 Å². The second-order valence-corrected chi connectivity index (χ2v) is 9.80. The van der Waals surface area contributed by atoms with E-state index < -0.39 is 10.0 Å². The molecule has 2 heterocycles. The highest BCUT2D eigenvalue weighted by molar-refractivity contribution is 7.89. The standard InChI is InChI=1S/C23H29N3O4S/c1-30-19-8-6-17(7-9-19)21-5-3-2-4-13-25(21)16-23(27)26-14-12-18-15-20(31(24,28)29)10-11-22(18)26/h6-11,15,21H,2-5,12-14,16H2,1H3,(H2,24,28,29). The monoisotopic (exact) mass is 443 g/mol. The molecule has 2 aromatic carbocycles. The number of rotatable bonds is 5. The lowest BCUT2D eigenvalue weighted by atomic mass is 10.0. The average molecular weight is 444 g/mol. The fraction of sp³-hybridized carbons (Fsp3) is 0.435. The molecule has 0 spiro atoms. The number of primary sulfonamides is 1. The van der Waals surface area contributed by atoms with Crippen LogP contribution in [-0.2, 0) is 21.2 Å². The molecule has 2 aliphatic rings. The number of hydrogen-bond acceptors (Lipinski definition) is 5. The minimum Gasteiger partial charge on any atom is -0.497 e. The van der Waals surface area contributed by atoms with Crippen LogP contribution >= 0.6 is 0 Å². The van der Waals surface area contributed by atoms with Crippen molar-refractivity contribution in [2.75, 3.05) is 31.6 Å². The van der Waals surface area contributed by atoms with Crippen LogP contribution in [0.1, 0.15) is 42.9 Å². The summed E-state index contributed by atoms with van der Waals surface area (Å²) in [6, 6.07) is 13.1. The molecule has 8 heteroatoms. The van der Waals surface area contributed by atoms with Gasteiger partial charge in [0.15, 0.2) is 0 Å². The van der Waals surface area contributed by atoms with E-state index in [2.05, 4.69) is 17.0 Å². The maximum absolute atomic E-state index is 13.3. The molecule has 0 aromatic heterocycles. The Morgan fingerprint density at radius 2 is 1.87 bits per heavy atom. The molecule has 0 aliphatic carbocycles. The van der Waals surface area contributed by atoms with Crippen LogP contribution in [0.5, 0.6) is 5.75 Å². The highest BCUT2D eigenvalue weighted by Gasteiger charge is 2.30. The quantitative estimate of drug-likeness (QED) is 0.767. The summed E-state index contributed by atoms with van der Waals surface area (Å²) in [5, 5.41) is 5.25. The van der Waals surface area contributed by atoms with E-state index in [0.29, 0.717) is 19.5 Å². The van der Waals surface area contributed by atoms with E-state index in [1.54, 1.807) is 24.1 Å². The number of anilines is 1. The Bertz CT molecular complexity index is 1050. The predicted molar refractivity (Wildman–Crippen MR) is 120 cm³/mol. The highest BCUT2D eigenvalue weighted by Crippen LogP contribution is 2.33. The number of hydrogen-bond donors (Lipinski definition) is 1. The van der Waals surface area contributed by atoms with Crippen LogP contribution in [0.2, 0.25) is 0 Å². The number of benzene rings is 2. The lowest BCUT2D eigenvalue weighted by molar-refractivity contribution is -0.120. The average Bonchev–Trinajstić information content (AvgIpc) is 3.05. The van der Waals surface area contributed by atoms with E-state index in [9.17, 15) is 13.2 Å². The molecule has 1 unspecified atom stereocenters. The summed E-state index contributed by atoms with van der Waals surface area (Å²) in [6.45, 7) is 1.78.